The molecule has 0 unspecified atom stereocenters. The summed E-state index contributed by atoms with van der Waals surface area (Å²) in [5.41, 5.74) is 4.85. The van der Waals surface area contributed by atoms with Gasteiger partial charge in [0.05, 0.1) is 17.9 Å². The van der Waals surface area contributed by atoms with E-state index < -0.39 is 0 Å². The molecule has 1 aliphatic rings. The van der Waals surface area contributed by atoms with E-state index in [-0.39, 0.29) is 5.41 Å². The minimum Gasteiger partial charge on any atom is -0.473 e. The van der Waals surface area contributed by atoms with E-state index in [1.165, 1.54) is 22.3 Å². The molecule has 0 amide bonds. The third-order valence-corrected chi connectivity index (χ3v) is 3.77. The van der Waals surface area contributed by atoms with Crippen LogP contribution >= 0.6 is 0 Å². The van der Waals surface area contributed by atoms with Crippen molar-refractivity contribution >= 4 is 0 Å². The molecule has 100 valence electrons. The molecular formula is C19H18O. The predicted molar refractivity (Wildman–Crippen MR) is 82.5 cm³/mol. The Morgan fingerprint density at radius 1 is 0.750 bits per heavy atom. The van der Waals surface area contributed by atoms with E-state index in [4.69, 9.17) is 4.74 Å². The smallest absolute Gasteiger partial charge is 0.0876 e. The molecule has 0 bridgehead atoms. The average Bonchev–Trinajstić information content (AvgIpc) is 2.48. The number of hydrogen-bond acceptors (Lipinski definition) is 1. The maximum atomic E-state index is 5.27. The number of ether oxygens (including phenoxy) is 1. The molecule has 1 aliphatic heterocycles. The Labute approximate surface area is 120 Å². The van der Waals surface area contributed by atoms with Gasteiger partial charge in [0, 0.05) is 0 Å². The summed E-state index contributed by atoms with van der Waals surface area (Å²) in [6.07, 6.45) is 7.78. The Morgan fingerprint density at radius 3 is 1.95 bits per heavy atom. The molecular weight excluding hydrogens is 244 g/mol. The highest BCUT2D eigenvalue weighted by Crippen LogP contribution is 2.37. The van der Waals surface area contributed by atoms with Gasteiger partial charge in [0.15, 0.2) is 0 Å². The summed E-state index contributed by atoms with van der Waals surface area (Å²) >= 11 is 0. The van der Waals surface area contributed by atoms with Gasteiger partial charge in [0.2, 0.25) is 0 Å². The molecule has 0 spiro atoms. The number of hydrogen-bond donors (Lipinski definition) is 0. The van der Waals surface area contributed by atoms with Gasteiger partial charge in [-0.2, -0.15) is 0 Å². The van der Waals surface area contributed by atoms with E-state index in [0.717, 1.165) is 0 Å². The second kappa shape index (κ2) is 5.01. The summed E-state index contributed by atoms with van der Waals surface area (Å²) in [7, 11) is 0. The quantitative estimate of drug-likeness (QED) is 0.765. The van der Waals surface area contributed by atoms with Crippen molar-refractivity contribution in [1.29, 1.82) is 0 Å². The van der Waals surface area contributed by atoms with E-state index in [1.54, 1.807) is 12.5 Å². The molecule has 0 fully saturated rings. The van der Waals surface area contributed by atoms with Gasteiger partial charge in [-0.3, -0.25) is 0 Å². The van der Waals surface area contributed by atoms with Gasteiger partial charge in [0.25, 0.3) is 0 Å². The molecule has 3 rings (SSSR count). The first-order valence-electron chi connectivity index (χ1n) is 6.86. The Hall–Kier alpha value is -2.28. The zero-order valence-corrected chi connectivity index (χ0v) is 11.8. The fourth-order valence-corrected chi connectivity index (χ4v) is 2.87. The lowest BCUT2D eigenvalue weighted by Crippen LogP contribution is -2.24. The van der Waals surface area contributed by atoms with Crippen LogP contribution in [0.1, 0.15) is 22.3 Å². The molecule has 2 aromatic carbocycles. The van der Waals surface area contributed by atoms with Crippen molar-refractivity contribution in [3.8, 4) is 0 Å². The van der Waals surface area contributed by atoms with Crippen LogP contribution < -0.4 is 0 Å². The summed E-state index contributed by atoms with van der Waals surface area (Å²) in [6, 6.07) is 17.2. The average molecular weight is 262 g/mol. The molecule has 0 aromatic heterocycles. The van der Waals surface area contributed by atoms with Crippen LogP contribution in [-0.2, 0) is 10.2 Å². The van der Waals surface area contributed by atoms with Gasteiger partial charge in [-0.25, -0.2) is 0 Å². The SMILES string of the molecule is Cc1cc(C)cc(C2(c3ccccc3)C=COC=C2)c1. The van der Waals surface area contributed by atoms with Crippen LogP contribution in [0.2, 0.25) is 0 Å². The lowest BCUT2D eigenvalue weighted by molar-refractivity contribution is 0.382. The van der Waals surface area contributed by atoms with Crippen molar-refractivity contribution in [2.45, 2.75) is 19.3 Å². The molecule has 1 nitrogen and oxygen atoms in total. The zero-order chi connectivity index (χ0) is 14.0. The van der Waals surface area contributed by atoms with Gasteiger partial charge in [0.1, 0.15) is 0 Å². The second-order valence-electron chi connectivity index (χ2n) is 5.35. The van der Waals surface area contributed by atoms with Crippen molar-refractivity contribution in [3.63, 3.8) is 0 Å². The van der Waals surface area contributed by atoms with E-state index in [1.807, 2.05) is 6.07 Å². The van der Waals surface area contributed by atoms with Crippen LogP contribution in [0, 0.1) is 13.8 Å². The van der Waals surface area contributed by atoms with Gasteiger partial charge in [-0.15, -0.1) is 0 Å². The maximum Gasteiger partial charge on any atom is 0.0876 e. The van der Waals surface area contributed by atoms with E-state index in [9.17, 15) is 0 Å². The fourth-order valence-electron chi connectivity index (χ4n) is 2.87. The van der Waals surface area contributed by atoms with Crippen molar-refractivity contribution in [2.75, 3.05) is 0 Å². The fraction of sp³-hybridized carbons (Fsp3) is 0.158. The van der Waals surface area contributed by atoms with Crippen LogP contribution in [0.25, 0.3) is 0 Å². The Bertz CT molecular complexity index is 633. The Morgan fingerprint density at radius 2 is 1.35 bits per heavy atom. The third-order valence-electron chi connectivity index (χ3n) is 3.77. The molecule has 1 heteroatoms. The standard InChI is InChI=1S/C19H18O/c1-15-12-16(2)14-18(13-15)19(8-10-20-11-9-19)17-6-4-3-5-7-17/h3-14H,1-2H3. The van der Waals surface area contributed by atoms with Gasteiger partial charge >= 0.3 is 0 Å². The molecule has 1 heterocycles. The maximum absolute atomic E-state index is 5.27. The first kappa shape index (κ1) is 12.7. The van der Waals surface area contributed by atoms with Crippen LogP contribution in [0.4, 0.5) is 0 Å². The first-order valence-corrected chi connectivity index (χ1v) is 6.86. The topological polar surface area (TPSA) is 9.23 Å². The van der Waals surface area contributed by atoms with Crippen molar-refractivity contribution in [3.05, 3.63) is 95.5 Å². The minimum atomic E-state index is -0.240. The lowest BCUT2D eigenvalue weighted by atomic mass is 9.73. The summed E-state index contributed by atoms with van der Waals surface area (Å²) in [5.74, 6) is 0. The van der Waals surface area contributed by atoms with Crippen LogP contribution in [0.15, 0.2) is 73.2 Å². The minimum absolute atomic E-state index is 0.240. The molecule has 0 saturated carbocycles. The monoisotopic (exact) mass is 262 g/mol. The van der Waals surface area contributed by atoms with Crippen molar-refractivity contribution < 1.29 is 4.74 Å². The molecule has 20 heavy (non-hydrogen) atoms. The van der Waals surface area contributed by atoms with Gasteiger partial charge in [-0.05, 0) is 37.1 Å². The zero-order valence-electron chi connectivity index (χ0n) is 11.8. The predicted octanol–water partition coefficient (Wildman–Crippen LogP) is 4.65. The summed E-state index contributed by atoms with van der Waals surface area (Å²) in [6.45, 7) is 4.28. The van der Waals surface area contributed by atoms with Gasteiger partial charge in [-0.1, -0.05) is 59.7 Å². The molecule has 0 N–H and O–H groups in total. The molecule has 0 atom stereocenters. The van der Waals surface area contributed by atoms with Crippen molar-refractivity contribution in [2.24, 2.45) is 0 Å². The van der Waals surface area contributed by atoms with Gasteiger partial charge < -0.3 is 4.74 Å². The molecule has 0 aliphatic carbocycles. The Balaban J connectivity index is 2.23. The number of rotatable bonds is 2. The highest BCUT2D eigenvalue weighted by Gasteiger charge is 2.30. The van der Waals surface area contributed by atoms with Crippen molar-refractivity contribution in [1.82, 2.24) is 0 Å². The van der Waals surface area contributed by atoms with Crippen LogP contribution in [-0.4, -0.2) is 0 Å². The molecule has 2 aromatic rings. The van der Waals surface area contributed by atoms with E-state index in [2.05, 4.69) is 68.5 Å². The number of benzene rings is 2. The highest BCUT2D eigenvalue weighted by atomic mass is 16.5. The normalized spacial score (nSPS) is 15.9. The number of aryl methyl sites for hydroxylation is 2. The van der Waals surface area contributed by atoms with Crippen LogP contribution in [0.3, 0.4) is 0 Å². The molecule has 0 radical (unpaired) electrons. The molecule has 0 saturated heterocycles. The third kappa shape index (κ3) is 2.16. The Kier molecular flexibility index (Phi) is 3.19. The largest absolute Gasteiger partial charge is 0.473 e. The van der Waals surface area contributed by atoms with E-state index >= 15 is 0 Å². The second-order valence-corrected chi connectivity index (χ2v) is 5.35. The summed E-state index contributed by atoms with van der Waals surface area (Å²) in [4.78, 5) is 0. The highest BCUT2D eigenvalue weighted by molar-refractivity contribution is 5.51. The summed E-state index contributed by atoms with van der Waals surface area (Å²) in [5, 5.41) is 0. The van der Waals surface area contributed by atoms with E-state index in [0.29, 0.717) is 0 Å². The number of allylic oxidation sites excluding steroid dienone is 2. The first-order chi connectivity index (χ1) is 9.71. The lowest BCUT2D eigenvalue weighted by Gasteiger charge is -2.30. The van der Waals surface area contributed by atoms with Crippen LogP contribution in [0.5, 0.6) is 0 Å². The summed E-state index contributed by atoms with van der Waals surface area (Å²) < 4.78 is 5.27.